The Morgan fingerprint density at radius 2 is 1.70 bits per heavy atom. The number of nitrogens with one attached hydrogen (secondary N) is 1. The van der Waals surface area contributed by atoms with E-state index in [0.717, 1.165) is 52.9 Å². The number of aromatic nitrogens is 5. The summed E-state index contributed by atoms with van der Waals surface area (Å²) < 4.78 is 7.27. The van der Waals surface area contributed by atoms with Gasteiger partial charge in [-0.05, 0) is 82.1 Å². The minimum Gasteiger partial charge on any atom is -0.497 e. The van der Waals surface area contributed by atoms with Crippen molar-refractivity contribution in [1.82, 2.24) is 30.1 Å². The molecule has 8 nitrogen and oxygen atoms in total. The number of benzene rings is 3. The topological polar surface area (TPSA) is 88.9 Å². The summed E-state index contributed by atoms with van der Waals surface area (Å²) in [5.41, 5.74) is 5.09. The van der Waals surface area contributed by atoms with E-state index in [1.54, 1.807) is 7.11 Å². The molecule has 1 atom stereocenters. The molecule has 40 heavy (non-hydrogen) atoms. The maximum Gasteiger partial charge on any atom is 0.252 e. The second-order valence-electron chi connectivity index (χ2n) is 10.1. The molecule has 3 aromatic carbocycles. The lowest BCUT2D eigenvalue weighted by Gasteiger charge is -2.30. The summed E-state index contributed by atoms with van der Waals surface area (Å²) in [6.07, 6.45) is 2.56. The predicted octanol–water partition coefficient (Wildman–Crippen LogP) is 5.48. The van der Waals surface area contributed by atoms with Crippen molar-refractivity contribution in [3.63, 3.8) is 0 Å². The first-order valence-corrected chi connectivity index (χ1v) is 13.9. The van der Waals surface area contributed by atoms with Crippen LogP contribution in [-0.2, 0) is 32.5 Å². The van der Waals surface area contributed by atoms with Gasteiger partial charge in [0.15, 0.2) is 5.82 Å². The van der Waals surface area contributed by atoms with Gasteiger partial charge >= 0.3 is 0 Å². The van der Waals surface area contributed by atoms with Crippen LogP contribution in [0, 0.1) is 0 Å². The number of hydrogen-bond donors (Lipinski definition) is 1. The summed E-state index contributed by atoms with van der Waals surface area (Å²) in [4.78, 5) is 18.6. The fourth-order valence-corrected chi connectivity index (χ4v) is 5.19. The van der Waals surface area contributed by atoms with Gasteiger partial charge in [-0.15, -0.1) is 5.10 Å². The number of rotatable bonds is 12. The van der Waals surface area contributed by atoms with E-state index in [-0.39, 0.29) is 11.6 Å². The van der Waals surface area contributed by atoms with Gasteiger partial charge in [0, 0.05) is 30.7 Å². The van der Waals surface area contributed by atoms with Crippen LogP contribution in [0.15, 0.2) is 83.7 Å². The Balaban J connectivity index is 1.48. The number of hydrogen-bond acceptors (Lipinski definition) is 6. The molecule has 2 heterocycles. The second-order valence-corrected chi connectivity index (χ2v) is 10.1. The predicted molar refractivity (Wildman–Crippen MR) is 157 cm³/mol. The number of pyridine rings is 1. The van der Waals surface area contributed by atoms with E-state index in [2.05, 4.69) is 75.7 Å². The van der Waals surface area contributed by atoms with Crippen molar-refractivity contribution < 1.29 is 4.74 Å². The van der Waals surface area contributed by atoms with Crippen molar-refractivity contribution in [2.75, 3.05) is 7.11 Å². The first-order valence-electron chi connectivity index (χ1n) is 13.9. The van der Waals surface area contributed by atoms with Crippen LogP contribution in [-0.4, -0.2) is 37.2 Å². The van der Waals surface area contributed by atoms with E-state index in [1.165, 1.54) is 11.1 Å². The van der Waals surface area contributed by atoms with E-state index < -0.39 is 0 Å². The van der Waals surface area contributed by atoms with Gasteiger partial charge in [0.2, 0.25) is 0 Å². The molecule has 0 aliphatic heterocycles. The zero-order valence-corrected chi connectivity index (χ0v) is 23.4. The highest BCUT2D eigenvalue weighted by molar-refractivity contribution is 5.79. The number of methoxy groups -OCH3 is 1. The third kappa shape index (κ3) is 6.29. The minimum atomic E-state index is -0.0926. The first-order chi connectivity index (χ1) is 19.6. The Hall–Kier alpha value is -4.30. The SMILES string of the molecule is CCc1ccc2[nH]c(=O)c(CN(Cc3ccc(OC)cc3)[C@@H](CC)c3nnnn3CCc3ccccc3)cc2c1. The third-order valence-corrected chi connectivity index (χ3v) is 7.45. The lowest BCUT2D eigenvalue weighted by molar-refractivity contribution is 0.160. The highest BCUT2D eigenvalue weighted by Gasteiger charge is 2.26. The van der Waals surface area contributed by atoms with E-state index in [4.69, 9.17) is 4.74 Å². The number of tetrazole rings is 1. The number of aromatic amines is 1. The first kappa shape index (κ1) is 27.3. The van der Waals surface area contributed by atoms with Crippen LogP contribution in [0.2, 0.25) is 0 Å². The fraction of sp³-hybridized carbons (Fsp3) is 0.312. The highest BCUT2D eigenvalue weighted by Crippen LogP contribution is 2.27. The van der Waals surface area contributed by atoms with Crippen molar-refractivity contribution >= 4 is 10.9 Å². The molecule has 0 fully saturated rings. The summed E-state index contributed by atoms with van der Waals surface area (Å²) in [5.74, 6) is 1.61. The lowest BCUT2D eigenvalue weighted by Crippen LogP contribution is -2.32. The molecule has 8 heteroatoms. The van der Waals surface area contributed by atoms with E-state index >= 15 is 0 Å². The molecule has 0 saturated carbocycles. The standard InChI is InChI=1S/C32H36N6O2/c1-4-23-13-16-29-26(19-23)20-27(32(39)33-29)22-37(21-25-11-14-28(40-3)15-12-25)30(5-2)31-34-35-36-38(31)18-17-24-9-7-6-8-10-24/h6-16,19-20,30H,4-5,17-18,21-22H2,1-3H3,(H,33,39)/t30-/m0/s1. The normalized spacial score (nSPS) is 12.2. The molecule has 206 valence electrons. The number of H-pyrrole nitrogens is 1. The molecule has 0 unspecified atom stereocenters. The number of fused-ring (bicyclic) bond motifs is 1. The van der Waals surface area contributed by atoms with Gasteiger partial charge < -0.3 is 9.72 Å². The quantitative estimate of drug-likeness (QED) is 0.227. The summed E-state index contributed by atoms with van der Waals surface area (Å²) in [6.45, 7) is 6.03. The average molecular weight is 537 g/mol. The molecule has 5 aromatic rings. The van der Waals surface area contributed by atoms with Crippen LogP contribution in [0.25, 0.3) is 10.9 Å². The number of ether oxygens (including phenoxy) is 1. The molecule has 0 amide bonds. The van der Waals surface area contributed by atoms with Gasteiger partial charge in [0.25, 0.3) is 5.56 Å². The van der Waals surface area contributed by atoms with Gasteiger partial charge in [0.1, 0.15) is 5.75 Å². The van der Waals surface area contributed by atoms with Crippen LogP contribution >= 0.6 is 0 Å². The van der Waals surface area contributed by atoms with Crippen LogP contribution < -0.4 is 10.3 Å². The molecular weight excluding hydrogens is 500 g/mol. The number of aryl methyl sites for hydroxylation is 3. The maximum absolute atomic E-state index is 13.2. The number of nitrogens with zero attached hydrogens (tertiary/aromatic N) is 5. The molecule has 1 N–H and O–H groups in total. The lowest BCUT2D eigenvalue weighted by atomic mass is 10.1. The van der Waals surface area contributed by atoms with E-state index in [9.17, 15) is 4.79 Å². The van der Waals surface area contributed by atoms with Crippen molar-refractivity contribution in [2.45, 2.75) is 58.8 Å². The van der Waals surface area contributed by atoms with Gasteiger partial charge in [-0.3, -0.25) is 9.69 Å². The molecule has 0 aliphatic rings. The molecule has 0 bridgehead atoms. The van der Waals surface area contributed by atoms with Gasteiger partial charge in [-0.2, -0.15) is 0 Å². The van der Waals surface area contributed by atoms with Crippen molar-refractivity contribution in [1.29, 1.82) is 0 Å². The molecule has 0 radical (unpaired) electrons. The van der Waals surface area contributed by atoms with Crippen LogP contribution in [0.1, 0.15) is 54.4 Å². The average Bonchev–Trinajstić information content (AvgIpc) is 3.45. The zero-order chi connectivity index (χ0) is 27.9. The third-order valence-electron chi connectivity index (χ3n) is 7.45. The van der Waals surface area contributed by atoms with E-state index in [0.29, 0.717) is 19.6 Å². The van der Waals surface area contributed by atoms with Gasteiger partial charge in [-0.25, -0.2) is 4.68 Å². The van der Waals surface area contributed by atoms with Crippen LogP contribution in [0.4, 0.5) is 0 Å². The summed E-state index contributed by atoms with van der Waals surface area (Å²) in [6, 6.07) is 26.6. The Bertz CT molecular complexity index is 1590. The minimum absolute atomic E-state index is 0.0741. The van der Waals surface area contributed by atoms with Crippen molar-refractivity contribution in [3.05, 3.63) is 117 Å². The molecular formula is C32H36N6O2. The van der Waals surface area contributed by atoms with Crippen molar-refractivity contribution in [3.8, 4) is 5.75 Å². The van der Waals surface area contributed by atoms with Gasteiger partial charge in [0.05, 0.1) is 13.2 Å². The smallest absolute Gasteiger partial charge is 0.252 e. The summed E-state index contributed by atoms with van der Waals surface area (Å²) in [7, 11) is 1.67. The molecule has 2 aromatic heterocycles. The molecule has 0 saturated heterocycles. The summed E-state index contributed by atoms with van der Waals surface area (Å²) in [5, 5.41) is 13.9. The Morgan fingerprint density at radius 3 is 2.42 bits per heavy atom. The second kappa shape index (κ2) is 12.7. The maximum atomic E-state index is 13.2. The molecule has 0 spiro atoms. The Morgan fingerprint density at radius 1 is 0.925 bits per heavy atom. The van der Waals surface area contributed by atoms with Gasteiger partial charge in [-0.1, -0.05) is 62.4 Å². The highest BCUT2D eigenvalue weighted by atomic mass is 16.5. The monoisotopic (exact) mass is 536 g/mol. The fourth-order valence-electron chi connectivity index (χ4n) is 5.19. The zero-order valence-electron chi connectivity index (χ0n) is 23.4. The van der Waals surface area contributed by atoms with E-state index in [1.807, 2.05) is 47.1 Å². The van der Waals surface area contributed by atoms with Crippen LogP contribution in [0.3, 0.4) is 0 Å². The van der Waals surface area contributed by atoms with Crippen molar-refractivity contribution in [2.24, 2.45) is 0 Å². The Kier molecular flexibility index (Phi) is 8.66. The molecule has 0 aliphatic carbocycles. The largest absolute Gasteiger partial charge is 0.497 e. The molecule has 5 rings (SSSR count). The van der Waals surface area contributed by atoms with Crippen LogP contribution in [0.5, 0.6) is 5.75 Å². The summed E-state index contributed by atoms with van der Waals surface area (Å²) >= 11 is 0. The Labute approximate surface area is 234 Å².